The van der Waals surface area contributed by atoms with Crippen molar-refractivity contribution in [3.8, 4) is 0 Å². The monoisotopic (exact) mass is 917 g/mol. The lowest BCUT2D eigenvalue weighted by molar-refractivity contribution is -0.163. The predicted octanol–water partition coefficient (Wildman–Crippen LogP) is 19.0. The average molecular weight is 917 g/mol. The number of unbranched alkanes of at least 4 members (excludes halogenated alkanes) is 23. The number of esters is 2. The fourth-order valence-electron chi connectivity index (χ4n) is 7.46. The lowest BCUT2D eigenvalue weighted by atomic mass is 10.1. The van der Waals surface area contributed by atoms with Gasteiger partial charge in [-0.25, -0.2) is 0 Å². The molecule has 1 unspecified atom stereocenters. The topological polar surface area (TPSA) is 61.8 Å². The zero-order chi connectivity index (χ0) is 47.7. The summed E-state index contributed by atoms with van der Waals surface area (Å²) in [5.74, 6) is -0.441. The van der Waals surface area contributed by atoms with Gasteiger partial charge in [0.25, 0.3) is 0 Å². The smallest absolute Gasteiger partial charge is 0.306 e. The zero-order valence-electron chi connectivity index (χ0n) is 43.4. The van der Waals surface area contributed by atoms with Crippen molar-refractivity contribution in [1.82, 2.24) is 0 Å². The van der Waals surface area contributed by atoms with Crippen LogP contribution in [0.1, 0.15) is 252 Å². The van der Waals surface area contributed by atoms with Crippen LogP contribution in [0.2, 0.25) is 0 Å². The lowest BCUT2D eigenvalue weighted by Crippen LogP contribution is -2.30. The minimum absolute atomic E-state index is 0.0539. The van der Waals surface area contributed by atoms with Gasteiger partial charge < -0.3 is 14.2 Å². The molecule has 1 atom stereocenters. The highest BCUT2D eigenvalue weighted by molar-refractivity contribution is 5.70. The fraction of sp³-hybridized carbons (Fsp3) is 0.705. The molecule has 0 saturated heterocycles. The summed E-state index contributed by atoms with van der Waals surface area (Å²) < 4.78 is 17.4. The van der Waals surface area contributed by atoms with E-state index in [1.807, 2.05) is 0 Å². The van der Waals surface area contributed by atoms with Crippen LogP contribution in [0.4, 0.5) is 0 Å². The summed E-state index contributed by atoms with van der Waals surface area (Å²) in [6, 6.07) is 0. The molecular formula is C61H104O5. The highest BCUT2D eigenvalue weighted by Crippen LogP contribution is 2.14. The molecule has 0 amide bonds. The molecule has 0 N–H and O–H groups in total. The van der Waals surface area contributed by atoms with Crippen LogP contribution in [0.15, 0.2) is 97.2 Å². The third-order valence-electron chi connectivity index (χ3n) is 11.6. The Labute approximate surface area is 409 Å². The molecule has 0 aromatic heterocycles. The van der Waals surface area contributed by atoms with Crippen LogP contribution in [0.5, 0.6) is 0 Å². The molecule has 378 valence electrons. The van der Waals surface area contributed by atoms with Crippen LogP contribution in [0, 0.1) is 0 Å². The van der Waals surface area contributed by atoms with Crippen molar-refractivity contribution in [2.45, 2.75) is 258 Å². The van der Waals surface area contributed by atoms with Crippen molar-refractivity contribution < 1.29 is 23.8 Å². The van der Waals surface area contributed by atoms with Crippen molar-refractivity contribution in [1.29, 1.82) is 0 Å². The molecule has 0 aromatic rings. The standard InChI is InChI=1S/C61H104O5/c1-4-7-10-13-16-19-22-25-28-30-31-33-34-36-39-42-45-48-51-54-60(62)65-58-59(57-64-56-53-50-47-44-41-38-27-24-21-18-15-12-9-6-3)66-61(63)55-52-49-46-43-40-37-35-32-29-26-23-20-17-14-11-8-5-2/h9,12,16-21,25-29,38,44,47,59H,4-8,10-11,13-15,22-24,30-37,39-43,45-46,48-58H2,1-3H3/b12-9-,19-16-,20-17-,21-18-,28-25-,29-26-,38-27-,47-44-. The van der Waals surface area contributed by atoms with Crippen molar-refractivity contribution in [2.24, 2.45) is 0 Å². The van der Waals surface area contributed by atoms with Gasteiger partial charge >= 0.3 is 11.9 Å². The van der Waals surface area contributed by atoms with Gasteiger partial charge in [-0.15, -0.1) is 0 Å². The molecule has 5 nitrogen and oxygen atoms in total. The molecule has 0 rings (SSSR count). The molecule has 0 saturated carbocycles. The van der Waals surface area contributed by atoms with Gasteiger partial charge in [-0.05, 0) is 116 Å². The minimum Gasteiger partial charge on any atom is -0.462 e. The molecule has 0 aliphatic heterocycles. The summed E-state index contributed by atoms with van der Waals surface area (Å²) in [6.45, 7) is 7.53. The number of rotatable bonds is 50. The summed E-state index contributed by atoms with van der Waals surface area (Å²) in [5.41, 5.74) is 0. The highest BCUT2D eigenvalue weighted by atomic mass is 16.6. The lowest BCUT2D eigenvalue weighted by Gasteiger charge is -2.18. The van der Waals surface area contributed by atoms with Crippen LogP contribution >= 0.6 is 0 Å². The Balaban J connectivity index is 4.35. The molecule has 0 spiro atoms. The predicted molar refractivity (Wildman–Crippen MR) is 288 cm³/mol. The van der Waals surface area contributed by atoms with Gasteiger partial charge in [-0.3, -0.25) is 9.59 Å². The van der Waals surface area contributed by atoms with E-state index in [2.05, 4.69) is 118 Å². The number of ether oxygens (including phenoxy) is 3. The van der Waals surface area contributed by atoms with Crippen molar-refractivity contribution in [3.63, 3.8) is 0 Å². The maximum atomic E-state index is 12.8. The maximum Gasteiger partial charge on any atom is 0.306 e. The molecule has 0 bridgehead atoms. The third-order valence-corrected chi connectivity index (χ3v) is 11.6. The van der Waals surface area contributed by atoms with Gasteiger partial charge in [-0.2, -0.15) is 0 Å². The van der Waals surface area contributed by atoms with E-state index >= 15 is 0 Å². The van der Waals surface area contributed by atoms with E-state index in [0.717, 1.165) is 96.3 Å². The van der Waals surface area contributed by atoms with Crippen LogP contribution in [0.25, 0.3) is 0 Å². The van der Waals surface area contributed by atoms with Crippen LogP contribution in [0.3, 0.4) is 0 Å². The van der Waals surface area contributed by atoms with E-state index < -0.39 is 6.10 Å². The normalized spacial score (nSPS) is 13.0. The molecule has 0 aliphatic carbocycles. The Morgan fingerprint density at radius 1 is 0.348 bits per heavy atom. The second-order valence-corrected chi connectivity index (χ2v) is 18.1. The van der Waals surface area contributed by atoms with Crippen molar-refractivity contribution in [3.05, 3.63) is 97.2 Å². The minimum atomic E-state index is -0.576. The largest absolute Gasteiger partial charge is 0.462 e. The zero-order valence-corrected chi connectivity index (χ0v) is 43.4. The van der Waals surface area contributed by atoms with Gasteiger partial charge in [0.1, 0.15) is 6.61 Å². The van der Waals surface area contributed by atoms with Crippen molar-refractivity contribution >= 4 is 11.9 Å². The highest BCUT2D eigenvalue weighted by Gasteiger charge is 2.17. The number of carbonyl (C=O) groups excluding carboxylic acids is 2. The van der Waals surface area contributed by atoms with Gasteiger partial charge in [0, 0.05) is 19.4 Å². The summed E-state index contributed by atoms with van der Waals surface area (Å²) in [5, 5.41) is 0. The molecule has 0 aromatic carbocycles. The molecule has 0 heterocycles. The number of hydrogen-bond donors (Lipinski definition) is 0. The number of carbonyl (C=O) groups is 2. The molecule has 0 radical (unpaired) electrons. The van der Waals surface area contributed by atoms with E-state index in [9.17, 15) is 9.59 Å². The number of hydrogen-bond acceptors (Lipinski definition) is 5. The summed E-state index contributed by atoms with van der Waals surface area (Å²) in [6.07, 6.45) is 75.7. The number of allylic oxidation sites excluding steroid dienone is 16. The van der Waals surface area contributed by atoms with E-state index in [-0.39, 0.29) is 25.2 Å². The molecule has 0 fully saturated rings. The Bertz CT molecular complexity index is 1270. The van der Waals surface area contributed by atoms with Crippen LogP contribution in [-0.4, -0.2) is 37.9 Å². The van der Waals surface area contributed by atoms with E-state index in [4.69, 9.17) is 14.2 Å². The molecule has 66 heavy (non-hydrogen) atoms. The Morgan fingerprint density at radius 3 is 1.09 bits per heavy atom. The summed E-state index contributed by atoms with van der Waals surface area (Å²) in [4.78, 5) is 25.5. The first-order chi connectivity index (χ1) is 32.6. The Hall–Kier alpha value is -3.18. The molecule has 5 heteroatoms. The molecular weight excluding hydrogens is 813 g/mol. The summed E-state index contributed by atoms with van der Waals surface area (Å²) in [7, 11) is 0. The second kappa shape index (κ2) is 56.1. The Kier molecular flexibility index (Phi) is 53.4. The first kappa shape index (κ1) is 62.8. The molecule has 0 aliphatic rings. The summed E-state index contributed by atoms with van der Waals surface area (Å²) >= 11 is 0. The van der Waals surface area contributed by atoms with E-state index in [0.29, 0.717) is 19.4 Å². The van der Waals surface area contributed by atoms with E-state index in [1.165, 1.54) is 122 Å². The Morgan fingerprint density at radius 2 is 0.682 bits per heavy atom. The van der Waals surface area contributed by atoms with Crippen molar-refractivity contribution in [2.75, 3.05) is 19.8 Å². The average Bonchev–Trinajstić information content (AvgIpc) is 3.32. The maximum absolute atomic E-state index is 12.8. The first-order valence-electron chi connectivity index (χ1n) is 27.8. The second-order valence-electron chi connectivity index (χ2n) is 18.1. The van der Waals surface area contributed by atoms with Gasteiger partial charge in [-0.1, -0.05) is 221 Å². The van der Waals surface area contributed by atoms with E-state index in [1.54, 1.807) is 0 Å². The SMILES string of the molecule is CC/C=C\C/C=C\C/C=C\C/C=C\CCCOCC(COC(=O)CCCCCCCCCCC/C=C\C/C=C\CCCCC)OC(=O)CCCCCCCCC/C=C\C/C=C\CCCCC. The fourth-order valence-corrected chi connectivity index (χ4v) is 7.46. The van der Waals surface area contributed by atoms with Gasteiger partial charge in [0.2, 0.25) is 0 Å². The quantitative estimate of drug-likeness (QED) is 0.0346. The van der Waals surface area contributed by atoms with Crippen LogP contribution < -0.4 is 0 Å². The van der Waals surface area contributed by atoms with Crippen LogP contribution in [-0.2, 0) is 23.8 Å². The first-order valence-corrected chi connectivity index (χ1v) is 27.8. The third kappa shape index (κ3) is 53.4. The van der Waals surface area contributed by atoms with Gasteiger partial charge in [0.05, 0.1) is 6.61 Å². The van der Waals surface area contributed by atoms with Gasteiger partial charge in [0.15, 0.2) is 6.10 Å².